The number of esters is 1. The number of rotatable bonds is 5. The van der Waals surface area contributed by atoms with Crippen molar-refractivity contribution in [3.05, 3.63) is 24.3 Å². The molecule has 0 aliphatic heterocycles. The van der Waals surface area contributed by atoms with Gasteiger partial charge in [-0.1, -0.05) is 13.0 Å². The van der Waals surface area contributed by atoms with Crippen LogP contribution in [-0.4, -0.2) is 18.7 Å². The summed E-state index contributed by atoms with van der Waals surface area (Å²) in [6.45, 7) is 4.02. The lowest BCUT2D eigenvalue weighted by molar-refractivity contribution is -0.151. The van der Waals surface area contributed by atoms with Crippen molar-refractivity contribution in [2.24, 2.45) is 0 Å². The van der Waals surface area contributed by atoms with Crippen molar-refractivity contribution in [1.82, 2.24) is 0 Å². The Morgan fingerprint density at radius 1 is 1.50 bits per heavy atom. The maximum atomic E-state index is 11.4. The normalized spacial score (nSPS) is 11.9. The highest BCUT2D eigenvalue weighted by molar-refractivity contribution is 5.74. The Kier molecular flexibility index (Phi) is 4.64. The van der Waals surface area contributed by atoms with Crippen LogP contribution in [0.15, 0.2) is 24.3 Å². The Balaban J connectivity index is 2.50. The second-order valence-electron chi connectivity index (χ2n) is 3.50. The summed E-state index contributed by atoms with van der Waals surface area (Å²) in [5.41, 5.74) is 6.20. The Morgan fingerprint density at radius 2 is 2.25 bits per heavy atom. The summed E-state index contributed by atoms with van der Waals surface area (Å²) < 4.78 is 10.4. The lowest BCUT2D eigenvalue weighted by atomic mass is 10.3. The average Bonchev–Trinajstić information content (AvgIpc) is 2.25. The molecular weight excluding hydrogens is 206 g/mol. The van der Waals surface area contributed by atoms with E-state index < -0.39 is 6.10 Å². The van der Waals surface area contributed by atoms with Crippen LogP contribution in [0.25, 0.3) is 0 Å². The van der Waals surface area contributed by atoms with Crippen molar-refractivity contribution >= 4 is 11.7 Å². The third-order valence-corrected chi connectivity index (χ3v) is 1.95. The number of carbonyl (C=O) groups is 1. The van der Waals surface area contributed by atoms with Gasteiger partial charge in [0, 0.05) is 11.8 Å². The van der Waals surface area contributed by atoms with Crippen LogP contribution in [0.3, 0.4) is 0 Å². The monoisotopic (exact) mass is 223 g/mol. The Bertz CT molecular complexity index is 352. The summed E-state index contributed by atoms with van der Waals surface area (Å²) in [5.74, 6) is 0.213. The summed E-state index contributed by atoms with van der Waals surface area (Å²) in [7, 11) is 0. The number of hydrogen-bond donors (Lipinski definition) is 1. The highest BCUT2D eigenvalue weighted by atomic mass is 16.6. The first-order chi connectivity index (χ1) is 7.63. The molecule has 1 atom stereocenters. The fourth-order valence-electron chi connectivity index (χ4n) is 1.16. The lowest BCUT2D eigenvalue weighted by Crippen LogP contribution is -2.26. The van der Waals surface area contributed by atoms with Crippen LogP contribution in [0.5, 0.6) is 5.75 Å². The molecule has 0 aromatic heterocycles. The summed E-state index contributed by atoms with van der Waals surface area (Å²) in [6.07, 6.45) is 0.185. The van der Waals surface area contributed by atoms with Crippen LogP contribution in [0.1, 0.15) is 20.3 Å². The van der Waals surface area contributed by atoms with Gasteiger partial charge < -0.3 is 15.2 Å². The minimum absolute atomic E-state index is 0.357. The van der Waals surface area contributed by atoms with E-state index in [0.29, 0.717) is 18.0 Å². The first kappa shape index (κ1) is 12.4. The van der Waals surface area contributed by atoms with E-state index >= 15 is 0 Å². The van der Waals surface area contributed by atoms with Crippen molar-refractivity contribution < 1.29 is 14.3 Å². The molecule has 88 valence electrons. The summed E-state index contributed by atoms with van der Waals surface area (Å²) >= 11 is 0. The molecule has 16 heavy (non-hydrogen) atoms. The largest absolute Gasteiger partial charge is 0.479 e. The summed E-state index contributed by atoms with van der Waals surface area (Å²) in [4.78, 5) is 11.4. The van der Waals surface area contributed by atoms with Crippen molar-refractivity contribution in [3.63, 3.8) is 0 Å². The molecule has 0 amide bonds. The number of anilines is 1. The SMILES string of the molecule is CCCOC(=O)[C@@H](C)Oc1cccc(N)c1. The number of ether oxygens (including phenoxy) is 2. The third-order valence-electron chi connectivity index (χ3n) is 1.95. The number of benzene rings is 1. The first-order valence-electron chi connectivity index (χ1n) is 5.32. The van der Waals surface area contributed by atoms with Gasteiger partial charge >= 0.3 is 5.97 Å². The van der Waals surface area contributed by atoms with Gasteiger partial charge in [-0.2, -0.15) is 0 Å². The van der Waals surface area contributed by atoms with E-state index in [2.05, 4.69) is 0 Å². The third kappa shape index (κ3) is 3.81. The van der Waals surface area contributed by atoms with Crippen LogP contribution in [0.2, 0.25) is 0 Å². The molecule has 1 aromatic carbocycles. The minimum atomic E-state index is -0.617. The molecule has 0 fully saturated rings. The lowest BCUT2D eigenvalue weighted by Gasteiger charge is -2.13. The zero-order valence-electron chi connectivity index (χ0n) is 9.60. The molecule has 0 bridgehead atoms. The quantitative estimate of drug-likeness (QED) is 0.612. The van der Waals surface area contributed by atoms with Gasteiger partial charge in [0.1, 0.15) is 5.75 Å². The molecule has 0 saturated heterocycles. The average molecular weight is 223 g/mol. The molecule has 0 heterocycles. The van der Waals surface area contributed by atoms with Gasteiger partial charge in [0.15, 0.2) is 6.10 Å². The van der Waals surface area contributed by atoms with E-state index in [1.807, 2.05) is 6.92 Å². The van der Waals surface area contributed by atoms with Gasteiger partial charge in [-0.15, -0.1) is 0 Å². The topological polar surface area (TPSA) is 61.5 Å². The standard InChI is InChI=1S/C12H17NO3/c1-3-7-15-12(14)9(2)16-11-6-4-5-10(13)8-11/h4-6,8-9H,3,7,13H2,1-2H3/t9-/m1/s1. The Morgan fingerprint density at radius 3 is 2.88 bits per heavy atom. The summed E-state index contributed by atoms with van der Waals surface area (Å²) in [5, 5.41) is 0. The molecule has 1 aromatic rings. The predicted molar refractivity (Wildman–Crippen MR) is 62.2 cm³/mol. The van der Waals surface area contributed by atoms with Gasteiger partial charge in [0.05, 0.1) is 6.61 Å². The molecule has 4 nitrogen and oxygen atoms in total. The van der Waals surface area contributed by atoms with Crippen LogP contribution >= 0.6 is 0 Å². The van der Waals surface area contributed by atoms with Crippen LogP contribution in [-0.2, 0) is 9.53 Å². The molecule has 0 aliphatic rings. The van der Waals surface area contributed by atoms with Gasteiger partial charge in [-0.3, -0.25) is 0 Å². The van der Waals surface area contributed by atoms with E-state index in [-0.39, 0.29) is 5.97 Å². The van der Waals surface area contributed by atoms with Crippen LogP contribution < -0.4 is 10.5 Å². The summed E-state index contributed by atoms with van der Waals surface area (Å²) in [6, 6.07) is 6.95. The van der Waals surface area contributed by atoms with Crippen molar-refractivity contribution in [3.8, 4) is 5.75 Å². The van der Waals surface area contributed by atoms with Gasteiger partial charge in [0.25, 0.3) is 0 Å². The first-order valence-corrected chi connectivity index (χ1v) is 5.32. The molecule has 2 N–H and O–H groups in total. The molecular formula is C12H17NO3. The second kappa shape index (κ2) is 6.00. The predicted octanol–water partition coefficient (Wildman–Crippen LogP) is 1.99. The molecule has 1 rings (SSSR count). The maximum Gasteiger partial charge on any atom is 0.347 e. The van der Waals surface area contributed by atoms with Crippen molar-refractivity contribution in [2.45, 2.75) is 26.4 Å². The number of nitrogen functional groups attached to an aromatic ring is 1. The molecule has 0 spiro atoms. The van der Waals surface area contributed by atoms with Gasteiger partial charge in [0.2, 0.25) is 0 Å². The van der Waals surface area contributed by atoms with E-state index in [1.54, 1.807) is 31.2 Å². The van der Waals surface area contributed by atoms with E-state index in [4.69, 9.17) is 15.2 Å². The highest BCUT2D eigenvalue weighted by Crippen LogP contribution is 2.16. The second-order valence-corrected chi connectivity index (χ2v) is 3.50. The number of nitrogens with two attached hydrogens (primary N) is 1. The van der Waals surface area contributed by atoms with Crippen molar-refractivity contribution in [1.29, 1.82) is 0 Å². The molecule has 0 saturated carbocycles. The molecule has 0 radical (unpaired) electrons. The van der Waals surface area contributed by atoms with E-state index in [0.717, 1.165) is 6.42 Å². The Hall–Kier alpha value is -1.71. The van der Waals surface area contributed by atoms with Crippen molar-refractivity contribution in [2.75, 3.05) is 12.3 Å². The number of hydrogen-bond acceptors (Lipinski definition) is 4. The fraction of sp³-hybridized carbons (Fsp3) is 0.417. The van der Waals surface area contributed by atoms with Gasteiger partial charge in [-0.05, 0) is 25.5 Å². The highest BCUT2D eigenvalue weighted by Gasteiger charge is 2.15. The van der Waals surface area contributed by atoms with Crippen LogP contribution in [0.4, 0.5) is 5.69 Å². The maximum absolute atomic E-state index is 11.4. The number of carbonyl (C=O) groups excluding carboxylic acids is 1. The van der Waals surface area contributed by atoms with E-state index in [9.17, 15) is 4.79 Å². The molecule has 0 unspecified atom stereocenters. The van der Waals surface area contributed by atoms with Gasteiger partial charge in [-0.25, -0.2) is 4.79 Å². The zero-order chi connectivity index (χ0) is 12.0. The molecule has 4 heteroatoms. The molecule has 0 aliphatic carbocycles. The smallest absolute Gasteiger partial charge is 0.347 e. The Labute approximate surface area is 95.3 Å². The fourth-order valence-corrected chi connectivity index (χ4v) is 1.16. The van der Waals surface area contributed by atoms with Crippen LogP contribution in [0, 0.1) is 0 Å². The van der Waals surface area contributed by atoms with E-state index in [1.165, 1.54) is 0 Å². The minimum Gasteiger partial charge on any atom is -0.479 e. The zero-order valence-corrected chi connectivity index (χ0v) is 9.60.